The maximum Gasteiger partial charge on any atom is 0.119 e. The minimum Gasteiger partial charge on any atom is -0.396 e. The number of hydrogen-bond acceptors (Lipinski definition) is 3. The average Bonchev–Trinajstić information content (AvgIpc) is 2.50. The summed E-state index contributed by atoms with van der Waals surface area (Å²) < 4.78 is 5.57. The summed E-state index contributed by atoms with van der Waals surface area (Å²) >= 11 is 0. The Balaban J connectivity index is 2.33. The molecule has 1 atom stereocenters. The highest BCUT2D eigenvalue weighted by Gasteiger charge is 2.31. The van der Waals surface area contributed by atoms with Crippen molar-refractivity contribution in [3.8, 4) is 0 Å². The van der Waals surface area contributed by atoms with Crippen molar-refractivity contribution in [2.24, 2.45) is 0 Å². The lowest BCUT2D eigenvalue weighted by Crippen LogP contribution is -2.40. The predicted molar refractivity (Wildman–Crippen MR) is 43.3 cm³/mol. The third-order valence-corrected chi connectivity index (χ3v) is 2.24. The molecule has 66 valence electrons. The van der Waals surface area contributed by atoms with Gasteiger partial charge in [0.25, 0.3) is 0 Å². The van der Waals surface area contributed by atoms with Crippen molar-refractivity contribution in [3.63, 3.8) is 0 Å². The van der Waals surface area contributed by atoms with Crippen molar-refractivity contribution < 1.29 is 9.84 Å². The van der Waals surface area contributed by atoms with Gasteiger partial charge in [0.1, 0.15) is 5.72 Å². The maximum absolute atomic E-state index is 8.65. The van der Waals surface area contributed by atoms with Crippen LogP contribution >= 0.6 is 0 Å². The van der Waals surface area contributed by atoms with Crippen LogP contribution in [0, 0.1) is 0 Å². The SMILES string of the molecule is CCC1(CCCO)NCCO1. The number of aliphatic hydroxyl groups is 1. The van der Waals surface area contributed by atoms with Crippen LogP contribution < -0.4 is 5.32 Å². The number of aliphatic hydroxyl groups excluding tert-OH is 1. The first-order valence-corrected chi connectivity index (χ1v) is 4.33. The van der Waals surface area contributed by atoms with E-state index in [-0.39, 0.29) is 12.3 Å². The Morgan fingerprint density at radius 3 is 2.91 bits per heavy atom. The molecule has 0 bridgehead atoms. The zero-order chi connectivity index (χ0) is 8.16. The predicted octanol–water partition coefficient (Wildman–Crippen LogP) is 0.485. The van der Waals surface area contributed by atoms with Gasteiger partial charge in [-0.05, 0) is 19.3 Å². The summed E-state index contributed by atoms with van der Waals surface area (Å²) in [6, 6.07) is 0. The van der Waals surface area contributed by atoms with Crippen LogP contribution in [-0.4, -0.2) is 30.6 Å². The molecule has 3 nitrogen and oxygen atoms in total. The standard InChI is InChI=1S/C8H17NO2/c1-2-8(4-3-6-10)9-5-7-11-8/h9-10H,2-7H2,1H3. The van der Waals surface area contributed by atoms with Crippen molar-refractivity contribution >= 4 is 0 Å². The summed E-state index contributed by atoms with van der Waals surface area (Å²) in [6.45, 7) is 4.11. The van der Waals surface area contributed by atoms with Gasteiger partial charge >= 0.3 is 0 Å². The van der Waals surface area contributed by atoms with E-state index in [1.807, 2.05) is 0 Å². The molecular formula is C8H17NO2. The van der Waals surface area contributed by atoms with Crippen LogP contribution in [0.3, 0.4) is 0 Å². The van der Waals surface area contributed by atoms with E-state index in [4.69, 9.17) is 9.84 Å². The molecule has 0 saturated carbocycles. The molecule has 2 N–H and O–H groups in total. The third-order valence-electron chi connectivity index (χ3n) is 2.24. The van der Waals surface area contributed by atoms with E-state index in [1.54, 1.807) is 0 Å². The fourth-order valence-corrected chi connectivity index (χ4v) is 1.51. The number of ether oxygens (including phenoxy) is 1. The molecule has 1 aliphatic rings. The molecule has 0 aromatic heterocycles. The number of nitrogens with one attached hydrogen (secondary N) is 1. The van der Waals surface area contributed by atoms with Crippen molar-refractivity contribution in [3.05, 3.63) is 0 Å². The first-order chi connectivity index (χ1) is 5.33. The Bertz CT molecular complexity index is 111. The Morgan fingerprint density at radius 1 is 1.64 bits per heavy atom. The van der Waals surface area contributed by atoms with Gasteiger partial charge in [-0.15, -0.1) is 0 Å². The first-order valence-electron chi connectivity index (χ1n) is 4.33. The fraction of sp³-hybridized carbons (Fsp3) is 1.00. The van der Waals surface area contributed by atoms with E-state index in [0.717, 1.165) is 32.4 Å². The zero-order valence-corrected chi connectivity index (χ0v) is 7.10. The Kier molecular flexibility index (Phi) is 3.30. The van der Waals surface area contributed by atoms with E-state index in [9.17, 15) is 0 Å². The Hall–Kier alpha value is -0.120. The van der Waals surface area contributed by atoms with Crippen LogP contribution in [0.15, 0.2) is 0 Å². The van der Waals surface area contributed by atoms with E-state index < -0.39 is 0 Å². The summed E-state index contributed by atoms with van der Waals surface area (Å²) in [4.78, 5) is 0. The molecule has 0 aromatic carbocycles. The highest BCUT2D eigenvalue weighted by molar-refractivity contribution is 4.80. The third kappa shape index (κ3) is 2.15. The molecule has 11 heavy (non-hydrogen) atoms. The zero-order valence-electron chi connectivity index (χ0n) is 7.10. The molecule has 1 heterocycles. The van der Waals surface area contributed by atoms with E-state index in [0.29, 0.717) is 0 Å². The van der Waals surface area contributed by atoms with E-state index in [2.05, 4.69) is 12.2 Å². The van der Waals surface area contributed by atoms with E-state index >= 15 is 0 Å². The lowest BCUT2D eigenvalue weighted by atomic mass is 10.1. The summed E-state index contributed by atoms with van der Waals surface area (Å²) in [5, 5.41) is 12.0. The average molecular weight is 159 g/mol. The summed E-state index contributed by atoms with van der Waals surface area (Å²) in [7, 11) is 0. The summed E-state index contributed by atoms with van der Waals surface area (Å²) in [6.07, 6.45) is 2.72. The number of rotatable bonds is 4. The smallest absolute Gasteiger partial charge is 0.119 e. The topological polar surface area (TPSA) is 41.5 Å². The summed E-state index contributed by atoms with van der Waals surface area (Å²) in [5.74, 6) is 0. The molecule has 1 aliphatic heterocycles. The quantitative estimate of drug-likeness (QED) is 0.627. The molecular weight excluding hydrogens is 142 g/mol. The largest absolute Gasteiger partial charge is 0.396 e. The maximum atomic E-state index is 8.65. The molecule has 1 unspecified atom stereocenters. The van der Waals surface area contributed by atoms with Gasteiger partial charge in [-0.3, -0.25) is 5.32 Å². The van der Waals surface area contributed by atoms with Gasteiger partial charge in [-0.2, -0.15) is 0 Å². The monoisotopic (exact) mass is 159 g/mol. The highest BCUT2D eigenvalue weighted by Crippen LogP contribution is 2.22. The van der Waals surface area contributed by atoms with Crippen molar-refractivity contribution in [1.82, 2.24) is 5.32 Å². The second-order valence-electron chi connectivity index (χ2n) is 2.95. The molecule has 3 heteroatoms. The van der Waals surface area contributed by atoms with Crippen LogP contribution in [0.25, 0.3) is 0 Å². The molecule has 0 aromatic rings. The lowest BCUT2D eigenvalue weighted by molar-refractivity contribution is -0.0242. The Morgan fingerprint density at radius 2 is 2.45 bits per heavy atom. The van der Waals surface area contributed by atoms with Crippen LogP contribution in [0.2, 0.25) is 0 Å². The van der Waals surface area contributed by atoms with Gasteiger partial charge < -0.3 is 9.84 Å². The molecule has 1 rings (SSSR count). The van der Waals surface area contributed by atoms with Crippen molar-refractivity contribution in [2.75, 3.05) is 19.8 Å². The van der Waals surface area contributed by atoms with Crippen molar-refractivity contribution in [2.45, 2.75) is 31.9 Å². The second kappa shape index (κ2) is 4.04. The van der Waals surface area contributed by atoms with Gasteiger partial charge in [0.15, 0.2) is 0 Å². The second-order valence-corrected chi connectivity index (χ2v) is 2.95. The van der Waals surface area contributed by atoms with Gasteiger partial charge in [0.05, 0.1) is 6.61 Å². The molecule has 1 fully saturated rings. The van der Waals surface area contributed by atoms with Crippen molar-refractivity contribution in [1.29, 1.82) is 0 Å². The normalized spacial score (nSPS) is 31.1. The number of hydrogen-bond donors (Lipinski definition) is 2. The van der Waals surface area contributed by atoms with Gasteiger partial charge in [-0.25, -0.2) is 0 Å². The molecule has 1 saturated heterocycles. The van der Waals surface area contributed by atoms with Gasteiger partial charge in [0.2, 0.25) is 0 Å². The Labute approximate surface area is 67.7 Å². The minimum absolute atomic E-state index is 0.122. The van der Waals surface area contributed by atoms with Crippen LogP contribution in [0.5, 0.6) is 0 Å². The fourth-order valence-electron chi connectivity index (χ4n) is 1.51. The summed E-state index contributed by atoms with van der Waals surface area (Å²) in [5.41, 5.74) is -0.122. The molecule has 0 radical (unpaired) electrons. The van der Waals surface area contributed by atoms with Crippen LogP contribution in [-0.2, 0) is 4.74 Å². The minimum atomic E-state index is -0.122. The first kappa shape index (κ1) is 8.97. The van der Waals surface area contributed by atoms with Gasteiger partial charge in [0, 0.05) is 13.2 Å². The van der Waals surface area contributed by atoms with E-state index in [1.165, 1.54) is 0 Å². The van der Waals surface area contributed by atoms with Gasteiger partial charge in [-0.1, -0.05) is 6.92 Å². The highest BCUT2D eigenvalue weighted by atomic mass is 16.5. The van der Waals surface area contributed by atoms with Crippen LogP contribution in [0.4, 0.5) is 0 Å². The van der Waals surface area contributed by atoms with Crippen LogP contribution in [0.1, 0.15) is 26.2 Å². The molecule has 0 amide bonds. The lowest BCUT2D eigenvalue weighted by Gasteiger charge is -2.26. The molecule has 0 spiro atoms. The molecule has 0 aliphatic carbocycles.